The largest absolute Gasteiger partial charge is 0.497 e. The van der Waals surface area contributed by atoms with Crippen LogP contribution in [-0.4, -0.2) is 55.7 Å². The number of carbonyl (C=O) groups excluding carboxylic acids is 3. The average Bonchev–Trinajstić information content (AvgIpc) is 3.55. The van der Waals surface area contributed by atoms with Crippen LogP contribution in [0.15, 0.2) is 95.9 Å². The van der Waals surface area contributed by atoms with Crippen LogP contribution in [0.1, 0.15) is 19.4 Å². The monoisotopic (exact) mass is 594 g/mol. The van der Waals surface area contributed by atoms with E-state index in [2.05, 4.69) is 36.2 Å². The molecule has 5 rings (SSSR count). The Balaban J connectivity index is 0.000000560. The highest BCUT2D eigenvalue weighted by molar-refractivity contribution is 8.72. The van der Waals surface area contributed by atoms with Crippen LogP contribution in [0.5, 0.6) is 5.75 Å². The molecule has 11 heteroatoms. The molecule has 1 fully saturated rings. The smallest absolute Gasteiger partial charge is 0.333 e. The molecule has 1 aliphatic heterocycles. The number of carbonyl (C=O) groups is 3. The summed E-state index contributed by atoms with van der Waals surface area (Å²) in [6.45, 7) is 6.29. The topological polar surface area (TPSA) is 119 Å². The lowest BCUT2D eigenvalue weighted by atomic mass is 9.99. The van der Waals surface area contributed by atoms with Crippen LogP contribution >= 0.6 is 10.8 Å². The molecule has 0 saturated carbocycles. The van der Waals surface area contributed by atoms with Crippen LogP contribution in [0.4, 0.5) is 0 Å². The van der Waals surface area contributed by atoms with Crippen LogP contribution in [0.3, 0.4) is 0 Å². The van der Waals surface area contributed by atoms with E-state index in [1.54, 1.807) is 56.5 Å². The van der Waals surface area contributed by atoms with Crippen molar-refractivity contribution >= 4 is 37.4 Å². The molecule has 2 aromatic rings. The summed E-state index contributed by atoms with van der Waals surface area (Å²) < 4.78 is 36.4. The first kappa shape index (κ1) is 29.9. The molecule has 1 N–H and O–H groups in total. The van der Waals surface area contributed by atoms with Gasteiger partial charge in [-0.25, -0.2) is 13.2 Å². The number of ether oxygens (including phenoxy) is 2. The number of nitrogens with zero attached hydrogens (tertiary/aromatic N) is 1. The second kappa shape index (κ2) is 12.2. The van der Waals surface area contributed by atoms with Crippen molar-refractivity contribution in [2.24, 2.45) is 0 Å². The molecule has 0 aromatic heterocycles. The minimum absolute atomic E-state index is 0.00340. The van der Waals surface area contributed by atoms with E-state index in [4.69, 9.17) is 9.47 Å². The molecule has 0 radical (unpaired) electrons. The van der Waals surface area contributed by atoms with Crippen molar-refractivity contribution in [3.8, 4) is 16.9 Å². The Morgan fingerprint density at radius 1 is 1.02 bits per heavy atom. The number of likely N-dealkylation sites (tertiary alicyclic amines) is 1. The van der Waals surface area contributed by atoms with E-state index in [0.717, 1.165) is 4.90 Å². The van der Waals surface area contributed by atoms with Gasteiger partial charge in [-0.3, -0.25) is 9.59 Å². The average molecular weight is 595 g/mol. The van der Waals surface area contributed by atoms with Crippen LogP contribution in [0, 0.1) is 0 Å². The predicted molar refractivity (Wildman–Crippen MR) is 156 cm³/mol. The zero-order chi connectivity index (χ0) is 29.8. The van der Waals surface area contributed by atoms with E-state index in [9.17, 15) is 22.8 Å². The third-order valence-electron chi connectivity index (χ3n) is 6.32. The highest BCUT2D eigenvalue weighted by atomic mass is 33.1. The molecule has 214 valence electrons. The zero-order valence-electron chi connectivity index (χ0n) is 22.8. The van der Waals surface area contributed by atoms with Crippen molar-refractivity contribution < 1.29 is 32.3 Å². The van der Waals surface area contributed by atoms with Gasteiger partial charge < -0.3 is 19.7 Å². The molecule has 9 nitrogen and oxygen atoms in total. The molecule has 2 aliphatic carbocycles. The summed E-state index contributed by atoms with van der Waals surface area (Å²) >= 11 is 0. The molecular formula is C30H30N2O7S2. The maximum absolute atomic E-state index is 13.3. The Morgan fingerprint density at radius 2 is 1.66 bits per heavy atom. The third-order valence-corrected chi connectivity index (χ3v) is 10.2. The Labute approximate surface area is 242 Å². The standard InChI is InChI=1S/C24H26N2O7S2.C6H4/c1-16(2)21(22(28)33-14-18-10-12-19(32-4)13-11-18)26-15-24(23(26)29,25-17(3)27)34-35(30,31)20-8-6-5-7-9-20;1-2-5-4-6(5)3-1/h5-13,21H,1,14-15H2,2-4H3,(H,25,27);1-4H. The quantitative estimate of drug-likeness (QED) is 0.0957. The number of β-lactam (4-membered cyclic amide) rings is 1. The minimum Gasteiger partial charge on any atom is -0.497 e. The minimum atomic E-state index is -3.99. The van der Waals surface area contributed by atoms with Crippen LogP contribution in [0.25, 0.3) is 11.1 Å². The first-order chi connectivity index (χ1) is 19.5. The molecule has 0 bridgehead atoms. The summed E-state index contributed by atoms with van der Waals surface area (Å²) in [6.07, 6.45) is 0. The molecule has 0 spiro atoms. The van der Waals surface area contributed by atoms with Crippen molar-refractivity contribution in [1.29, 1.82) is 0 Å². The number of methoxy groups -OCH3 is 1. The van der Waals surface area contributed by atoms with Gasteiger partial charge in [-0.1, -0.05) is 55.1 Å². The van der Waals surface area contributed by atoms with Crippen molar-refractivity contribution in [3.05, 3.63) is 96.6 Å². The second-order valence-electron chi connectivity index (χ2n) is 9.58. The van der Waals surface area contributed by atoms with E-state index in [1.807, 2.05) is 0 Å². The lowest BCUT2D eigenvalue weighted by Crippen LogP contribution is -2.75. The van der Waals surface area contributed by atoms with Gasteiger partial charge in [0.15, 0.2) is 10.9 Å². The fourth-order valence-corrected chi connectivity index (χ4v) is 8.01. The van der Waals surface area contributed by atoms with Crippen molar-refractivity contribution in [1.82, 2.24) is 10.2 Å². The van der Waals surface area contributed by atoms with E-state index in [1.165, 1.54) is 30.2 Å². The van der Waals surface area contributed by atoms with Crippen LogP contribution < -0.4 is 10.1 Å². The molecule has 41 heavy (non-hydrogen) atoms. The number of fused-ring (bicyclic) bond motifs is 1. The van der Waals surface area contributed by atoms with Gasteiger partial charge in [0.25, 0.3) is 5.91 Å². The number of benzene rings is 3. The normalized spacial score (nSPS) is 17.2. The fraction of sp³-hybridized carbons (Fsp3) is 0.233. The van der Waals surface area contributed by atoms with Gasteiger partial charge in [-0.05, 0) is 59.5 Å². The highest BCUT2D eigenvalue weighted by Gasteiger charge is 2.59. The molecule has 2 atom stereocenters. The molecule has 2 amide bonds. The summed E-state index contributed by atoms with van der Waals surface area (Å²) in [6, 6.07) is 21.9. The van der Waals surface area contributed by atoms with Gasteiger partial charge >= 0.3 is 5.97 Å². The summed E-state index contributed by atoms with van der Waals surface area (Å²) in [5, 5.41) is 2.46. The van der Waals surface area contributed by atoms with Crippen molar-refractivity contribution in [2.75, 3.05) is 13.7 Å². The van der Waals surface area contributed by atoms with Crippen molar-refractivity contribution in [2.45, 2.75) is 36.3 Å². The van der Waals surface area contributed by atoms with Gasteiger partial charge in [0.2, 0.25) is 14.8 Å². The first-order valence-electron chi connectivity index (χ1n) is 12.6. The molecule has 2 aromatic carbocycles. The number of hydrogen-bond donors (Lipinski definition) is 1. The fourth-order valence-electron chi connectivity index (χ4n) is 4.24. The van der Waals surface area contributed by atoms with E-state index in [0.29, 0.717) is 27.7 Å². The van der Waals surface area contributed by atoms with Gasteiger partial charge in [0, 0.05) is 17.7 Å². The van der Waals surface area contributed by atoms with Crippen molar-refractivity contribution in [3.63, 3.8) is 0 Å². The van der Waals surface area contributed by atoms with Gasteiger partial charge in [-0.2, -0.15) is 0 Å². The number of hydrogen-bond acceptors (Lipinski definition) is 8. The Morgan fingerprint density at radius 3 is 2.12 bits per heavy atom. The summed E-state index contributed by atoms with van der Waals surface area (Å²) in [4.78, 5) is 37.4. The van der Waals surface area contributed by atoms with Gasteiger partial charge in [-0.15, -0.1) is 0 Å². The lowest BCUT2D eigenvalue weighted by Gasteiger charge is -2.50. The number of nitrogens with one attached hydrogen (secondary N) is 1. The van der Waals surface area contributed by atoms with Gasteiger partial charge in [0.05, 0.1) is 18.6 Å². The van der Waals surface area contributed by atoms with Crippen LogP contribution in [0.2, 0.25) is 0 Å². The summed E-state index contributed by atoms with van der Waals surface area (Å²) in [7, 11) is -2.11. The lowest BCUT2D eigenvalue weighted by molar-refractivity contribution is -0.163. The third kappa shape index (κ3) is 6.98. The maximum Gasteiger partial charge on any atom is 0.333 e. The summed E-state index contributed by atoms with van der Waals surface area (Å²) in [5.41, 5.74) is 3.90. The molecule has 3 aliphatic rings. The number of rotatable bonds is 10. The maximum atomic E-state index is 13.3. The SMILES string of the molecule is C=C(C)C(C(=O)OCc1ccc(OC)cc1)N1CC(NC(C)=O)(SS(=O)(=O)c2ccccc2)C1=O.c1cc2cc-2c1. The Kier molecular flexibility index (Phi) is 8.89. The molecule has 2 unspecified atom stereocenters. The predicted octanol–water partition coefficient (Wildman–Crippen LogP) is 4.15. The molecular weight excluding hydrogens is 564 g/mol. The Bertz CT molecular complexity index is 1560. The molecule has 1 saturated heterocycles. The number of amides is 2. The van der Waals surface area contributed by atoms with E-state index >= 15 is 0 Å². The zero-order valence-corrected chi connectivity index (χ0v) is 24.5. The van der Waals surface area contributed by atoms with E-state index < -0.39 is 37.6 Å². The van der Waals surface area contributed by atoms with Crippen LogP contribution in [-0.2, 0) is 34.6 Å². The number of esters is 1. The first-order valence-corrected chi connectivity index (χ1v) is 15.4. The highest BCUT2D eigenvalue weighted by Crippen LogP contribution is 2.42. The molecule has 1 heterocycles. The summed E-state index contributed by atoms with van der Waals surface area (Å²) in [5.74, 6) is -1.37. The Hall–Kier alpha value is -4.09. The second-order valence-corrected chi connectivity index (χ2v) is 13.6. The van der Waals surface area contributed by atoms with E-state index in [-0.39, 0.29) is 18.0 Å². The van der Waals surface area contributed by atoms with Gasteiger partial charge in [0.1, 0.15) is 12.4 Å².